The molecule has 3 rings (SSSR count). The van der Waals surface area contributed by atoms with Crippen LogP contribution in [0.2, 0.25) is 0 Å². The van der Waals surface area contributed by atoms with E-state index in [9.17, 15) is 4.79 Å². The van der Waals surface area contributed by atoms with Crippen molar-refractivity contribution in [3.05, 3.63) is 36.1 Å². The van der Waals surface area contributed by atoms with Crippen LogP contribution in [0.25, 0.3) is 11.0 Å². The molecular formula is C14H17ClN2O2S. The number of carbonyl (C=O) groups is 1. The summed E-state index contributed by atoms with van der Waals surface area (Å²) in [5, 5.41) is 7.21. The van der Waals surface area contributed by atoms with Crippen molar-refractivity contribution in [1.29, 1.82) is 0 Å². The maximum absolute atomic E-state index is 11.8. The maximum atomic E-state index is 11.8. The van der Waals surface area contributed by atoms with Crippen LogP contribution in [0.5, 0.6) is 0 Å². The topological polar surface area (TPSA) is 54.3 Å². The Morgan fingerprint density at radius 1 is 1.45 bits per heavy atom. The summed E-state index contributed by atoms with van der Waals surface area (Å²) in [6.07, 6.45) is 0.723. The molecule has 1 aromatic heterocycles. The molecule has 1 amide bonds. The molecule has 2 heterocycles. The number of carbonyl (C=O) groups excluding carboxylic acids is 1. The van der Waals surface area contributed by atoms with Gasteiger partial charge in [-0.2, -0.15) is 0 Å². The van der Waals surface area contributed by atoms with E-state index in [2.05, 4.69) is 10.6 Å². The second kappa shape index (κ2) is 7.02. The average molecular weight is 313 g/mol. The number of para-hydroxylation sites is 1. The number of benzene rings is 1. The Balaban J connectivity index is 0.00000147. The van der Waals surface area contributed by atoms with Gasteiger partial charge in [0.2, 0.25) is 5.91 Å². The maximum Gasteiger partial charge on any atom is 0.238 e. The van der Waals surface area contributed by atoms with Gasteiger partial charge in [0, 0.05) is 30.0 Å². The SMILES string of the molecule is Cl.O=C(NCCc1cc2ccccc2o1)C1CSCN1. The molecule has 0 saturated carbocycles. The molecule has 0 aliphatic carbocycles. The van der Waals surface area contributed by atoms with Crippen LogP contribution in [0.15, 0.2) is 34.7 Å². The quantitative estimate of drug-likeness (QED) is 0.908. The van der Waals surface area contributed by atoms with Crippen LogP contribution in [0, 0.1) is 0 Å². The fraction of sp³-hybridized carbons (Fsp3) is 0.357. The minimum absolute atomic E-state index is 0. The Bertz CT molecular complexity index is 548. The van der Waals surface area contributed by atoms with E-state index < -0.39 is 0 Å². The predicted octanol–water partition coefficient (Wildman–Crippen LogP) is 2.18. The van der Waals surface area contributed by atoms with E-state index in [0.717, 1.165) is 34.8 Å². The van der Waals surface area contributed by atoms with Crippen molar-refractivity contribution in [3.63, 3.8) is 0 Å². The fourth-order valence-corrected chi connectivity index (χ4v) is 3.10. The standard InChI is InChI=1S/C14H16N2O2S.ClH/c17-14(12-8-19-9-16-12)15-6-5-11-7-10-3-1-2-4-13(10)18-11;/h1-4,7,12,16H,5-6,8-9H2,(H,15,17);1H. The molecular weight excluding hydrogens is 296 g/mol. The van der Waals surface area contributed by atoms with Crippen LogP contribution in [-0.4, -0.2) is 30.1 Å². The number of amides is 1. The van der Waals surface area contributed by atoms with E-state index >= 15 is 0 Å². The summed E-state index contributed by atoms with van der Waals surface area (Å²) in [7, 11) is 0. The van der Waals surface area contributed by atoms with Gasteiger partial charge >= 0.3 is 0 Å². The van der Waals surface area contributed by atoms with Gasteiger partial charge in [0.25, 0.3) is 0 Å². The molecule has 0 radical (unpaired) electrons. The molecule has 1 aliphatic rings. The normalized spacial score (nSPS) is 17.9. The number of hydrogen-bond donors (Lipinski definition) is 2. The van der Waals surface area contributed by atoms with Crippen LogP contribution in [0.4, 0.5) is 0 Å². The number of hydrogen-bond acceptors (Lipinski definition) is 4. The molecule has 2 N–H and O–H groups in total. The number of nitrogens with one attached hydrogen (secondary N) is 2. The van der Waals surface area contributed by atoms with Gasteiger partial charge in [-0.1, -0.05) is 18.2 Å². The average Bonchev–Trinajstić information content (AvgIpc) is 3.07. The van der Waals surface area contributed by atoms with Gasteiger partial charge in [-0.3, -0.25) is 10.1 Å². The van der Waals surface area contributed by atoms with Crippen LogP contribution in [0.1, 0.15) is 5.76 Å². The highest BCUT2D eigenvalue weighted by Crippen LogP contribution is 2.18. The smallest absolute Gasteiger partial charge is 0.238 e. The van der Waals surface area contributed by atoms with Gasteiger partial charge in [0.05, 0.1) is 6.04 Å². The number of thioether (sulfide) groups is 1. The molecule has 1 aliphatic heterocycles. The third kappa shape index (κ3) is 3.48. The van der Waals surface area contributed by atoms with Gasteiger partial charge in [0.1, 0.15) is 11.3 Å². The zero-order valence-electron chi connectivity index (χ0n) is 10.9. The minimum atomic E-state index is -0.0410. The highest BCUT2D eigenvalue weighted by Gasteiger charge is 2.21. The summed E-state index contributed by atoms with van der Waals surface area (Å²) >= 11 is 1.75. The van der Waals surface area contributed by atoms with E-state index in [1.807, 2.05) is 30.3 Å². The largest absolute Gasteiger partial charge is 0.461 e. The van der Waals surface area contributed by atoms with E-state index in [1.54, 1.807) is 11.8 Å². The zero-order valence-corrected chi connectivity index (χ0v) is 12.6. The predicted molar refractivity (Wildman–Crippen MR) is 84.4 cm³/mol. The van der Waals surface area contributed by atoms with Crippen LogP contribution >= 0.6 is 24.2 Å². The van der Waals surface area contributed by atoms with Crippen molar-refractivity contribution in [1.82, 2.24) is 10.6 Å². The molecule has 1 atom stereocenters. The lowest BCUT2D eigenvalue weighted by Gasteiger charge is -2.09. The Morgan fingerprint density at radius 3 is 3.05 bits per heavy atom. The second-order valence-corrected chi connectivity index (χ2v) is 5.59. The van der Waals surface area contributed by atoms with Crippen molar-refractivity contribution in [3.8, 4) is 0 Å². The van der Waals surface area contributed by atoms with Gasteiger partial charge in [-0.25, -0.2) is 0 Å². The zero-order chi connectivity index (χ0) is 13.1. The van der Waals surface area contributed by atoms with E-state index in [1.165, 1.54) is 0 Å². The molecule has 0 spiro atoms. The van der Waals surface area contributed by atoms with Crippen molar-refractivity contribution < 1.29 is 9.21 Å². The summed E-state index contributed by atoms with van der Waals surface area (Å²) < 4.78 is 5.70. The Labute approximate surface area is 128 Å². The molecule has 108 valence electrons. The Hall–Kier alpha value is -1.17. The second-order valence-electron chi connectivity index (χ2n) is 4.56. The van der Waals surface area contributed by atoms with Crippen molar-refractivity contribution in [2.75, 3.05) is 18.2 Å². The molecule has 4 nitrogen and oxygen atoms in total. The van der Waals surface area contributed by atoms with Crippen molar-refractivity contribution in [2.24, 2.45) is 0 Å². The molecule has 1 saturated heterocycles. The number of rotatable bonds is 4. The third-order valence-corrected chi connectivity index (χ3v) is 4.12. The first-order valence-electron chi connectivity index (χ1n) is 6.39. The first kappa shape index (κ1) is 15.2. The fourth-order valence-electron chi connectivity index (χ4n) is 2.16. The monoisotopic (exact) mass is 312 g/mol. The number of furan rings is 1. The molecule has 20 heavy (non-hydrogen) atoms. The highest BCUT2D eigenvalue weighted by molar-refractivity contribution is 7.99. The van der Waals surface area contributed by atoms with E-state index in [-0.39, 0.29) is 24.4 Å². The molecule has 1 fully saturated rings. The molecule has 1 unspecified atom stereocenters. The van der Waals surface area contributed by atoms with Crippen LogP contribution in [-0.2, 0) is 11.2 Å². The molecule has 1 aromatic carbocycles. The molecule has 2 aromatic rings. The lowest BCUT2D eigenvalue weighted by molar-refractivity contribution is -0.122. The van der Waals surface area contributed by atoms with Gasteiger partial charge < -0.3 is 9.73 Å². The Morgan fingerprint density at radius 2 is 2.30 bits per heavy atom. The number of fused-ring (bicyclic) bond motifs is 1. The summed E-state index contributed by atoms with van der Waals surface area (Å²) in [6, 6.07) is 9.93. The lowest BCUT2D eigenvalue weighted by atomic mass is 10.2. The first-order chi connectivity index (χ1) is 9.33. The Kier molecular flexibility index (Phi) is 5.34. The summed E-state index contributed by atoms with van der Waals surface area (Å²) in [6.45, 7) is 0.613. The van der Waals surface area contributed by atoms with Crippen molar-refractivity contribution >= 4 is 41.0 Å². The van der Waals surface area contributed by atoms with Crippen LogP contribution in [0.3, 0.4) is 0 Å². The van der Waals surface area contributed by atoms with E-state index in [4.69, 9.17) is 4.42 Å². The highest BCUT2D eigenvalue weighted by atomic mass is 35.5. The third-order valence-electron chi connectivity index (χ3n) is 3.18. The van der Waals surface area contributed by atoms with Gasteiger partial charge in [-0.15, -0.1) is 24.2 Å². The molecule has 0 bridgehead atoms. The summed E-state index contributed by atoms with van der Waals surface area (Å²) in [5.41, 5.74) is 0.901. The number of halogens is 1. The van der Waals surface area contributed by atoms with Gasteiger partial charge in [0.15, 0.2) is 0 Å². The summed E-state index contributed by atoms with van der Waals surface area (Å²) in [4.78, 5) is 11.8. The summed E-state index contributed by atoms with van der Waals surface area (Å²) in [5.74, 6) is 2.72. The lowest BCUT2D eigenvalue weighted by Crippen LogP contribution is -2.42. The van der Waals surface area contributed by atoms with Crippen molar-refractivity contribution in [2.45, 2.75) is 12.5 Å². The van der Waals surface area contributed by atoms with Gasteiger partial charge in [-0.05, 0) is 12.1 Å². The van der Waals surface area contributed by atoms with Crippen LogP contribution < -0.4 is 10.6 Å². The van der Waals surface area contributed by atoms with E-state index in [0.29, 0.717) is 6.54 Å². The molecule has 6 heteroatoms. The minimum Gasteiger partial charge on any atom is -0.461 e. The first-order valence-corrected chi connectivity index (χ1v) is 7.55.